The second kappa shape index (κ2) is 11.1. The summed E-state index contributed by atoms with van der Waals surface area (Å²) in [5, 5.41) is 1.24. The van der Waals surface area contributed by atoms with Crippen LogP contribution >= 0.6 is 8.58 Å². The molecule has 2 unspecified atom stereocenters. The molecule has 0 N–H and O–H groups in total. The lowest BCUT2D eigenvalue weighted by atomic mass is 9.94. The van der Waals surface area contributed by atoms with Gasteiger partial charge in [0.1, 0.15) is 18.1 Å². The van der Waals surface area contributed by atoms with Crippen molar-refractivity contribution in [3.05, 3.63) is 89.5 Å². The van der Waals surface area contributed by atoms with E-state index in [0.29, 0.717) is 15.2 Å². The van der Waals surface area contributed by atoms with Crippen molar-refractivity contribution in [1.82, 2.24) is 0 Å². The summed E-state index contributed by atoms with van der Waals surface area (Å²) in [4.78, 5) is 4.26. The number of nitrogens with zero attached hydrogens (tertiary/aromatic N) is 1. The molecule has 0 fully saturated rings. The lowest BCUT2D eigenvalue weighted by Gasteiger charge is -2.33. The zero-order chi connectivity index (χ0) is 22.1. The van der Waals surface area contributed by atoms with Crippen LogP contribution in [-0.2, 0) is 11.8 Å². The maximum atomic E-state index is 6.35. The van der Waals surface area contributed by atoms with E-state index in [-0.39, 0.29) is 5.16 Å². The van der Waals surface area contributed by atoms with Gasteiger partial charge in [0.25, 0.3) is 0 Å². The summed E-state index contributed by atoms with van der Waals surface area (Å²) >= 11 is 0. The normalized spacial score (nSPS) is 13.5. The lowest BCUT2D eigenvalue weighted by molar-refractivity contribution is 0.298. The summed E-state index contributed by atoms with van der Waals surface area (Å²) in [7, 11) is 4.12. The minimum absolute atomic E-state index is 0.0764. The second-order valence-corrected chi connectivity index (χ2v) is 9.71. The van der Waals surface area contributed by atoms with Gasteiger partial charge in [-0.1, -0.05) is 83.4 Å². The first kappa shape index (κ1) is 23.0. The minimum atomic E-state index is -0.0764. The largest absolute Gasteiger partial charge is 0.497 e. The first-order valence-corrected chi connectivity index (χ1v) is 11.7. The molecule has 0 saturated heterocycles. The van der Waals surface area contributed by atoms with E-state index in [9.17, 15) is 0 Å². The van der Waals surface area contributed by atoms with Crippen LogP contribution in [0.15, 0.2) is 77.8 Å². The fourth-order valence-electron chi connectivity index (χ4n) is 3.85. The molecule has 3 nitrogen and oxygen atoms in total. The Balaban J connectivity index is 2.00. The fourth-order valence-corrected chi connectivity index (χ4v) is 5.62. The third-order valence-corrected chi connectivity index (χ3v) is 7.20. The monoisotopic (exact) mass is 433 g/mol. The van der Waals surface area contributed by atoms with Crippen LogP contribution in [0.1, 0.15) is 43.4 Å². The van der Waals surface area contributed by atoms with E-state index in [4.69, 9.17) is 9.47 Å². The highest BCUT2D eigenvalue weighted by Crippen LogP contribution is 2.49. The Morgan fingerprint density at radius 2 is 1.74 bits per heavy atom. The van der Waals surface area contributed by atoms with Crippen LogP contribution in [-0.4, -0.2) is 20.4 Å². The van der Waals surface area contributed by atoms with Gasteiger partial charge < -0.3 is 9.47 Å². The predicted octanol–water partition coefficient (Wildman–Crippen LogP) is 6.34. The molecular weight excluding hydrogens is 401 g/mol. The van der Waals surface area contributed by atoms with Gasteiger partial charge >= 0.3 is 0 Å². The van der Waals surface area contributed by atoms with Crippen LogP contribution in [0.2, 0.25) is 0 Å². The SMILES string of the molecule is CCCC(C)(Pc1ccccc1/C=N/C)c1cc(OC)ccc1OCc1ccccc1. The van der Waals surface area contributed by atoms with Crippen molar-refractivity contribution in [2.75, 3.05) is 14.2 Å². The molecule has 3 aromatic carbocycles. The number of methoxy groups -OCH3 is 1. The fraction of sp³-hybridized carbons (Fsp3) is 0.296. The molecular formula is C27H32NO2P. The Morgan fingerprint density at radius 3 is 2.45 bits per heavy atom. The van der Waals surface area contributed by atoms with Crippen molar-refractivity contribution in [1.29, 1.82) is 0 Å². The Labute approximate surface area is 188 Å². The zero-order valence-corrected chi connectivity index (χ0v) is 19.9. The molecule has 0 bridgehead atoms. The number of ether oxygens (including phenoxy) is 2. The Kier molecular flexibility index (Phi) is 8.26. The van der Waals surface area contributed by atoms with E-state index in [1.807, 2.05) is 37.5 Å². The van der Waals surface area contributed by atoms with Gasteiger partial charge in [0, 0.05) is 24.0 Å². The van der Waals surface area contributed by atoms with Crippen LogP contribution in [0.25, 0.3) is 0 Å². The van der Waals surface area contributed by atoms with Gasteiger partial charge in [0.05, 0.1) is 7.11 Å². The van der Waals surface area contributed by atoms with Gasteiger partial charge in [-0.25, -0.2) is 0 Å². The minimum Gasteiger partial charge on any atom is -0.497 e. The number of benzene rings is 3. The molecule has 2 atom stereocenters. The van der Waals surface area contributed by atoms with E-state index in [2.05, 4.69) is 67.4 Å². The van der Waals surface area contributed by atoms with Crippen molar-refractivity contribution >= 4 is 20.1 Å². The Hall–Kier alpha value is -2.64. The van der Waals surface area contributed by atoms with E-state index in [1.165, 1.54) is 16.4 Å². The predicted molar refractivity (Wildman–Crippen MR) is 134 cm³/mol. The highest BCUT2D eigenvalue weighted by atomic mass is 31.1. The second-order valence-electron chi connectivity index (χ2n) is 7.82. The maximum Gasteiger partial charge on any atom is 0.124 e. The maximum absolute atomic E-state index is 6.35. The van der Waals surface area contributed by atoms with E-state index < -0.39 is 0 Å². The molecule has 0 aliphatic rings. The molecule has 0 aliphatic heterocycles. The van der Waals surface area contributed by atoms with Crippen LogP contribution in [0.5, 0.6) is 11.5 Å². The molecule has 3 aromatic rings. The van der Waals surface area contributed by atoms with Crippen LogP contribution in [0.3, 0.4) is 0 Å². The van der Waals surface area contributed by atoms with Crippen LogP contribution in [0, 0.1) is 0 Å². The Bertz CT molecular complexity index is 1000. The highest BCUT2D eigenvalue weighted by molar-refractivity contribution is 7.48. The molecule has 0 spiro atoms. The van der Waals surface area contributed by atoms with E-state index in [0.717, 1.165) is 29.9 Å². The first-order valence-electron chi connectivity index (χ1n) is 10.7. The molecule has 0 aliphatic carbocycles. The average molecular weight is 434 g/mol. The molecule has 0 heterocycles. The van der Waals surface area contributed by atoms with Gasteiger partial charge in [-0.05, 0) is 41.1 Å². The molecule has 3 rings (SSSR count). The van der Waals surface area contributed by atoms with Crippen molar-refractivity contribution in [3.8, 4) is 11.5 Å². The van der Waals surface area contributed by atoms with Gasteiger partial charge in [-0.2, -0.15) is 0 Å². The van der Waals surface area contributed by atoms with Crippen molar-refractivity contribution in [3.63, 3.8) is 0 Å². The van der Waals surface area contributed by atoms with E-state index in [1.54, 1.807) is 7.11 Å². The molecule has 0 radical (unpaired) electrons. The number of aliphatic imine (C=N–C) groups is 1. The summed E-state index contributed by atoms with van der Waals surface area (Å²) in [6.45, 7) is 5.14. The summed E-state index contributed by atoms with van der Waals surface area (Å²) in [6, 6.07) is 25.0. The average Bonchev–Trinajstić information content (AvgIpc) is 2.80. The van der Waals surface area contributed by atoms with E-state index >= 15 is 0 Å². The number of hydrogen-bond donors (Lipinski definition) is 0. The first-order chi connectivity index (χ1) is 15.1. The number of rotatable bonds is 10. The van der Waals surface area contributed by atoms with Crippen LogP contribution < -0.4 is 14.8 Å². The topological polar surface area (TPSA) is 30.8 Å². The Morgan fingerprint density at radius 1 is 1.00 bits per heavy atom. The smallest absolute Gasteiger partial charge is 0.124 e. The third-order valence-electron chi connectivity index (χ3n) is 5.41. The third kappa shape index (κ3) is 5.95. The quantitative estimate of drug-likeness (QED) is 0.276. The summed E-state index contributed by atoms with van der Waals surface area (Å²) < 4.78 is 11.9. The van der Waals surface area contributed by atoms with Gasteiger partial charge in [-0.15, -0.1) is 0 Å². The molecule has 0 saturated carbocycles. The molecule has 162 valence electrons. The van der Waals surface area contributed by atoms with Crippen LogP contribution in [0.4, 0.5) is 0 Å². The van der Waals surface area contributed by atoms with Gasteiger partial charge in [0.15, 0.2) is 0 Å². The molecule has 0 amide bonds. The summed E-state index contributed by atoms with van der Waals surface area (Å²) in [6.07, 6.45) is 4.09. The molecule has 0 aromatic heterocycles. The number of hydrogen-bond acceptors (Lipinski definition) is 3. The standard InChI is InChI=1S/C27H32NO2P/c1-5-17-27(2,31-26-14-10-9-13-22(26)19-28-3)24-18-23(29-4)15-16-25(24)30-20-21-11-7-6-8-12-21/h6-16,18-19,31H,5,17,20H2,1-4H3/b28-19+. The summed E-state index contributed by atoms with van der Waals surface area (Å²) in [5.74, 6) is 1.78. The van der Waals surface area contributed by atoms with Gasteiger partial charge in [-0.3, -0.25) is 4.99 Å². The zero-order valence-electron chi connectivity index (χ0n) is 18.9. The summed E-state index contributed by atoms with van der Waals surface area (Å²) in [5.41, 5.74) is 3.54. The molecule has 4 heteroatoms. The highest BCUT2D eigenvalue weighted by Gasteiger charge is 2.31. The van der Waals surface area contributed by atoms with Crippen molar-refractivity contribution in [2.24, 2.45) is 4.99 Å². The lowest BCUT2D eigenvalue weighted by Crippen LogP contribution is -2.22. The molecule has 31 heavy (non-hydrogen) atoms. The van der Waals surface area contributed by atoms with Crippen molar-refractivity contribution < 1.29 is 9.47 Å². The van der Waals surface area contributed by atoms with Crippen molar-refractivity contribution in [2.45, 2.75) is 38.5 Å². The van der Waals surface area contributed by atoms with Gasteiger partial charge in [0.2, 0.25) is 0 Å².